The van der Waals surface area contributed by atoms with Crippen molar-refractivity contribution in [2.45, 2.75) is 20.4 Å². The third kappa shape index (κ3) is 6.69. The van der Waals surface area contributed by atoms with Crippen LogP contribution in [0, 0.1) is 0 Å². The molecule has 0 saturated heterocycles. The minimum Gasteiger partial charge on any atom is -0.351 e. The summed E-state index contributed by atoms with van der Waals surface area (Å²) in [6.07, 6.45) is 0. The minimum atomic E-state index is 0.0198. The Morgan fingerprint density at radius 1 is 1.20 bits per heavy atom. The summed E-state index contributed by atoms with van der Waals surface area (Å²) in [5, 5.41) is 5.59. The first kappa shape index (κ1) is 13.7. The van der Waals surface area contributed by atoms with Crippen molar-refractivity contribution in [3.05, 3.63) is 35.9 Å². The van der Waals surface area contributed by atoms with Crippen LogP contribution in [0.5, 0.6) is 0 Å². The molecule has 0 aliphatic carbocycles. The first-order valence-electron chi connectivity index (χ1n) is 5.28. The number of nitrogens with one attached hydrogen (secondary N) is 2. The molecule has 1 aromatic carbocycles. The molecule has 15 heavy (non-hydrogen) atoms. The van der Waals surface area contributed by atoms with E-state index in [1.54, 1.807) is 7.05 Å². The van der Waals surface area contributed by atoms with Gasteiger partial charge in [0.25, 0.3) is 0 Å². The quantitative estimate of drug-likeness (QED) is 0.788. The number of carbonyl (C=O) groups excluding carboxylic acids is 1. The predicted molar refractivity (Wildman–Crippen MR) is 63.6 cm³/mol. The first-order valence-corrected chi connectivity index (χ1v) is 5.28. The van der Waals surface area contributed by atoms with E-state index in [0.717, 1.165) is 5.56 Å². The molecule has 0 radical (unpaired) electrons. The van der Waals surface area contributed by atoms with Gasteiger partial charge in [-0.05, 0) is 12.6 Å². The summed E-state index contributed by atoms with van der Waals surface area (Å²) in [6, 6.07) is 9.84. The second-order valence-electron chi connectivity index (χ2n) is 2.79. The van der Waals surface area contributed by atoms with Crippen LogP contribution in [-0.4, -0.2) is 19.5 Å². The van der Waals surface area contributed by atoms with Crippen LogP contribution in [0.3, 0.4) is 0 Å². The molecule has 0 heterocycles. The SMILES string of the molecule is CC.CNCC(=O)NCc1ccccc1. The summed E-state index contributed by atoms with van der Waals surface area (Å²) in [4.78, 5) is 11.0. The first-order chi connectivity index (χ1) is 7.33. The summed E-state index contributed by atoms with van der Waals surface area (Å²) in [7, 11) is 1.75. The van der Waals surface area contributed by atoms with Crippen LogP contribution in [0.2, 0.25) is 0 Å². The van der Waals surface area contributed by atoms with Crippen molar-refractivity contribution in [3.8, 4) is 0 Å². The average molecular weight is 208 g/mol. The van der Waals surface area contributed by atoms with Crippen LogP contribution in [0.25, 0.3) is 0 Å². The molecule has 84 valence electrons. The summed E-state index contributed by atoms with van der Waals surface area (Å²) >= 11 is 0. The number of amides is 1. The lowest BCUT2D eigenvalue weighted by atomic mass is 10.2. The molecule has 1 aromatic rings. The van der Waals surface area contributed by atoms with E-state index in [1.807, 2.05) is 44.2 Å². The molecule has 0 spiro atoms. The molecule has 0 aromatic heterocycles. The maximum absolute atomic E-state index is 11.0. The third-order valence-electron chi connectivity index (χ3n) is 1.67. The van der Waals surface area contributed by atoms with Gasteiger partial charge in [0, 0.05) is 6.54 Å². The van der Waals surface area contributed by atoms with E-state index in [2.05, 4.69) is 10.6 Å². The largest absolute Gasteiger partial charge is 0.351 e. The molecular weight excluding hydrogens is 188 g/mol. The van der Waals surface area contributed by atoms with Crippen molar-refractivity contribution < 1.29 is 4.79 Å². The van der Waals surface area contributed by atoms with Crippen LogP contribution < -0.4 is 10.6 Å². The van der Waals surface area contributed by atoms with E-state index in [1.165, 1.54) is 0 Å². The summed E-state index contributed by atoms with van der Waals surface area (Å²) < 4.78 is 0. The highest BCUT2D eigenvalue weighted by atomic mass is 16.1. The number of hydrogen-bond acceptors (Lipinski definition) is 2. The molecule has 3 nitrogen and oxygen atoms in total. The molecule has 0 aliphatic rings. The van der Waals surface area contributed by atoms with Gasteiger partial charge in [0.2, 0.25) is 5.91 Å². The molecule has 0 aliphatic heterocycles. The molecule has 2 N–H and O–H groups in total. The molecule has 0 fully saturated rings. The normalized spacial score (nSPS) is 8.73. The topological polar surface area (TPSA) is 41.1 Å². The maximum Gasteiger partial charge on any atom is 0.234 e. The Balaban J connectivity index is 0.000000921. The fourth-order valence-corrected chi connectivity index (χ4v) is 1.02. The lowest BCUT2D eigenvalue weighted by Gasteiger charge is -2.03. The third-order valence-corrected chi connectivity index (χ3v) is 1.67. The van der Waals surface area contributed by atoms with Gasteiger partial charge in [-0.2, -0.15) is 0 Å². The van der Waals surface area contributed by atoms with E-state index < -0.39 is 0 Å². The van der Waals surface area contributed by atoms with Crippen molar-refractivity contribution in [2.24, 2.45) is 0 Å². The molecule has 0 bridgehead atoms. The molecule has 0 atom stereocenters. The maximum atomic E-state index is 11.0. The summed E-state index contributed by atoms with van der Waals surface area (Å²) in [5.74, 6) is 0.0198. The highest BCUT2D eigenvalue weighted by molar-refractivity contribution is 5.77. The Hall–Kier alpha value is -1.35. The van der Waals surface area contributed by atoms with Gasteiger partial charge in [-0.25, -0.2) is 0 Å². The van der Waals surface area contributed by atoms with Crippen LogP contribution in [0.4, 0.5) is 0 Å². The van der Waals surface area contributed by atoms with Crippen LogP contribution in [0.15, 0.2) is 30.3 Å². The minimum absolute atomic E-state index is 0.0198. The zero-order valence-electron chi connectivity index (χ0n) is 9.71. The summed E-state index contributed by atoms with van der Waals surface area (Å²) in [6.45, 7) is 4.97. The highest BCUT2D eigenvalue weighted by Gasteiger charge is 1.97. The zero-order chi connectivity index (χ0) is 11.5. The van der Waals surface area contributed by atoms with Gasteiger partial charge in [-0.15, -0.1) is 0 Å². The predicted octanol–water partition coefficient (Wildman–Crippen LogP) is 1.55. The Bertz CT molecular complexity index is 260. The molecule has 0 unspecified atom stereocenters. The van der Waals surface area contributed by atoms with E-state index in [0.29, 0.717) is 13.1 Å². The Labute approximate surface area is 91.9 Å². The average Bonchev–Trinajstić information content (AvgIpc) is 2.31. The van der Waals surface area contributed by atoms with Crippen molar-refractivity contribution in [3.63, 3.8) is 0 Å². The van der Waals surface area contributed by atoms with E-state index >= 15 is 0 Å². The lowest BCUT2D eigenvalue weighted by molar-refractivity contribution is -0.120. The number of benzene rings is 1. The van der Waals surface area contributed by atoms with Crippen LogP contribution in [0.1, 0.15) is 19.4 Å². The van der Waals surface area contributed by atoms with Gasteiger partial charge in [-0.1, -0.05) is 44.2 Å². The van der Waals surface area contributed by atoms with Gasteiger partial charge in [-0.3, -0.25) is 4.79 Å². The smallest absolute Gasteiger partial charge is 0.234 e. The van der Waals surface area contributed by atoms with Crippen LogP contribution in [-0.2, 0) is 11.3 Å². The molecular formula is C12H20N2O. The lowest BCUT2D eigenvalue weighted by Crippen LogP contribution is -2.31. The molecule has 1 rings (SSSR count). The van der Waals surface area contributed by atoms with Crippen molar-refractivity contribution in [1.29, 1.82) is 0 Å². The van der Waals surface area contributed by atoms with Gasteiger partial charge < -0.3 is 10.6 Å². The van der Waals surface area contributed by atoms with Crippen LogP contribution >= 0.6 is 0 Å². The van der Waals surface area contributed by atoms with Gasteiger partial charge in [0.05, 0.1) is 6.54 Å². The van der Waals surface area contributed by atoms with E-state index in [9.17, 15) is 4.79 Å². The second kappa shape index (κ2) is 9.21. The molecule has 3 heteroatoms. The summed E-state index contributed by atoms with van der Waals surface area (Å²) in [5.41, 5.74) is 1.12. The fourth-order valence-electron chi connectivity index (χ4n) is 1.02. The van der Waals surface area contributed by atoms with Gasteiger partial charge in [0.1, 0.15) is 0 Å². The van der Waals surface area contributed by atoms with Crippen molar-refractivity contribution >= 4 is 5.91 Å². The Kier molecular flexibility index (Phi) is 8.39. The highest BCUT2D eigenvalue weighted by Crippen LogP contribution is 1.96. The number of carbonyl (C=O) groups is 1. The fraction of sp³-hybridized carbons (Fsp3) is 0.417. The van der Waals surface area contributed by atoms with Gasteiger partial charge >= 0.3 is 0 Å². The number of rotatable bonds is 4. The standard InChI is InChI=1S/C10H14N2O.C2H6/c1-11-8-10(13)12-7-9-5-3-2-4-6-9;1-2/h2-6,11H,7-8H2,1H3,(H,12,13);1-2H3. The second-order valence-corrected chi connectivity index (χ2v) is 2.79. The Morgan fingerprint density at radius 2 is 1.80 bits per heavy atom. The molecule has 1 amide bonds. The molecule has 0 saturated carbocycles. The monoisotopic (exact) mass is 208 g/mol. The van der Waals surface area contributed by atoms with Gasteiger partial charge in [0.15, 0.2) is 0 Å². The number of hydrogen-bond donors (Lipinski definition) is 2. The van der Waals surface area contributed by atoms with Crippen molar-refractivity contribution in [1.82, 2.24) is 10.6 Å². The Morgan fingerprint density at radius 3 is 2.33 bits per heavy atom. The number of likely N-dealkylation sites (N-methyl/N-ethyl adjacent to an activating group) is 1. The zero-order valence-corrected chi connectivity index (χ0v) is 9.71. The van der Waals surface area contributed by atoms with Crippen molar-refractivity contribution in [2.75, 3.05) is 13.6 Å². The van der Waals surface area contributed by atoms with E-state index in [-0.39, 0.29) is 5.91 Å². The van der Waals surface area contributed by atoms with E-state index in [4.69, 9.17) is 0 Å².